The van der Waals surface area contributed by atoms with Gasteiger partial charge in [-0.2, -0.15) is 0 Å². The molecular weight excluding hydrogens is 527 g/mol. The topological polar surface area (TPSA) is 131 Å². The van der Waals surface area contributed by atoms with Crippen molar-refractivity contribution in [3.8, 4) is 11.1 Å². The first-order valence-electron chi connectivity index (χ1n) is 13.5. The van der Waals surface area contributed by atoms with E-state index in [9.17, 15) is 19.1 Å². The number of hydrogen-bond donors (Lipinski definition) is 4. The summed E-state index contributed by atoms with van der Waals surface area (Å²) < 4.78 is 16.3. The molecule has 7 rings (SSSR count). The van der Waals surface area contributed by atoms with Gasteiger partial charge in [0.1, 0.15) is 17.0 Å². The van der Waals surface area contributed by atoms with Gasteiger partial charge in [0.25, 0.3) is 0 Å². The minimum absolute atomic E-state index is 0.171. The molecule has 2 aliphatic heterocycles. The third kappa shape index (κ3) is 3.74. The van der Waals surface area contributed by atoms with E-state index in [2.05, 4.69) is 37.6 Å². The van der Waals surface area contributed by atoms with Crippen molar-refractivity contribution in [2.45, 2.75) is 12.5 Å². The van der Waals surface area contributed by atoms with E-state index in [-0.39, 0.29) is 22.8 Å². The Morgan fingerprint density at radius 1 is 1.15 bits per heavy atom. The highest BCUT2D eigenvalue weighted by atomic mass is 19.1. The van der Waals surface area contributed by atoms with Gasteiger partial charge >= 0.3 is 5.97 Å². The molecule has 0 aliphatic carbocycles. The van der Waals surface area contributed by atoms with Crippen LogP contribution in [0, 0.1) is 11.7 Å². The monoisotopic (exact) mass is 556 g/mol. The number of rotatable bonds is 5. The summed E-state index contributed by atoms with van der Waals surface area (Å²) in [5, 5.41) is 14.4. The van der Waals surface area contributed by atoms with Crippen molar-refractivity contribution >= 4 is 50.3 Å². The van der Waals surface area contributed by atoms with E-state index in [1.54, 1.807) is 32.6 Å². The molecule has 12 heteroatoms. The fourth-order valence-electron chi connectivity index (χ4n) is 6.75. The average Bonchev–Trinajstić information content (AvgIpc) is 3.64. The van der Waals surface area contributed by atoms with Crippen LogP contribution in [-0.4, -0.2) is 82.4 Å². The number of H-pyrrole nitrogens is 1. The van der Waals surface area contributed by atoms with E-state index in [1.807, 2.05) is 0 Å². The van der Waals surface area contributed by atoms with Crippen LogP contribution in [0.3, 0.4) is 0 Å². The van der Waals surface area contributed by atoms with Crippen LogP contribution in [0.25, 0.3) is 44.1 Å². The highest BCUT2D eigenvalue weighted by molar-refractivity contribution is 6.18. The quantitative estimate of drug-likeness (QED) is 0.258. The average molecular weight is 557 g/mol. The number of anilines is 2. The van der Waals surface area contributed by atoms with E-state index in [0.717, 1.165) is 48.2 Å². The molecule has 2 atom stereocenters. The van der Waals surface area contributed by atoms with Gasteiger partial charge in [0.2, 0.25) is 5.43 Å². The second kappa shape index (κ2) is 9.16. The maximum Gasteiger partial charge on any atom is 0.341 e. The fraction of sp³-hybridized carbons (Fsp3) is 0.310. The fourth-order valence-corrected chi connectivity index (χ4v) is 6.75. The highest BCUT2D eigenvalue weighted by Gasteiger charge is 2.41. The van der Waals surface area contributed by atoms with Crippen molar-refractivity contribution in [3.05, 3.63) is 58.4 Å². The van der Waals surface area contributed by atoms with Gasteiger partial charge in [-0.1, -0.05) is 0 Å². The molecule has 6 heterocycles. The lowest BCUT2D eigenvalue weighted by Gasteiger charge is -2.29. The van der Waals surface area contributed by atoms with E-state index >= 15 is 0 Å². The Kier molecular flexibility index (Phi) is 5.65. The largest absolute Gasteiger partial charge is 0.477 e. The minimum Gasteiger partial charge on any atom is -0.477 e. The standard InChI is InChI=1S/C29H29FN8O3/c1-31-21-8-16(30)7-17-23-25(37-5-4-14-11-36(3)13-22(14)37)19(10-33-27(23)35-24(17)21)15-6-18-26(39)20(29(40)41)12-38(32-2)28(18)34-9-15/h6-10,12,14,22,31-32H,4-5,11,13H2,1-3H3,(H,33,35)(H,40,41)/t14-,22+/m0/s1. The van der Waals surface area contributed by atoms with Gasteiger partial charge in [-0.15, -0.1) is 0 Å². The molecular formula is C29H29FN8O3. The van der Waals surface area contributed by atoms with Crippen LogP contribution in [0.15, 0.2) is 41.6 Å². The van der Waals surface area contributed by atoms with E-state index in [1.165, 1.54) is 23.0 Å². The summed E-state index contributed by atoms with van der Waals surface area (Å²) in [4.78, 5) is 42.6. The summed E-state index contributed by atoms with van der Waals surface area (Å²) in [5.41, 5.74) is 6.51. The van der Waals surface area contributed by atoms with Crippen molar-refractivity contribution in [1.82, 2.24) is 24.5 Å². The zero-order valence-corrected chi connectivity index (χ0v) is 22.8. The Labute approximate surface area is 233 Å². The number of carboxylic acids is 1. The van der Waals surface area contributed by atoms with Crippen LogP contribution in [0.5, 0.6) is 0 Å². The maximum atomic E-state index is 14.9. The molecule has 5 aromatic rings. The summed E-state index contributed by atoms with van der Waals surface area (Å²) in [6.07, 6.45) is 5.70. The molecule has 1 aromatic carbocycles. The van der Waals surface area contributed by atoms with Gasteiger partial charge in [0, 0.05) is 74.9 Å². The third-order valence-corrected chi connectivity index (χ3v) is 8.58. The molecule has 4 N–H and O–H groups in total. The number of benzene rings is 1. The van der Waals surface area contributed by atoms with Crippen LogP contribution in [0.2, 0.25) is 0 Å². The van der Waals surface area contributed by atoms with Crippen LogP contribution in [-0.2, 0) is 0 Å². The minimum atomic E-state index is -1.32. The molecule has 0 unspecified atom stereocenters. The lowest BCUT2D eigenvalue weighted by molar-refractivity contribution is 0.0695. The molecule has 2 saturated heterocycles. The number of nitrogens with one attached hydrogen (secondary N) is 3. The van der Waals surface area contributed by atoms with Crippen LogP contribution in [0.4, 0.5) is 15.8 Å². The summed E-state index contributed by atoms with van der Waals surface area (Å²) in [5.74, 6) is -1.17. The number of carbonyl (C=O) groups is 1. The first kappa shape index (κ1) is 25.3. The smallest absolute Gasteiger partial charge is 0.341 e. The molecule has 210 valence electrons. The van der Waals surface area contributed by atoms with Crippen molar-refractivity contribution in [3.63, 3.8) is 0 Å². The summed E-state index contributed by atoms with van der Waals surface area (Å²) in [7, 11) is 5.50. The van der Waals surface area contributed by atoms with Gasteiger partial charge in [0.15, 0.2) is 5.65 Å². The van der Waals surface area contributed by atoms with Gasteiger partial charge in [0.05, 0.1) is 27.7 Å². The Balaban J connectivity index is 1.55. The van der Waals surface area contributed by atoms with Crippen LogP contribution >= 0.6 is 0 Å². The normalized spacial score (nSPS) is 19.0. The number of pyridine rings is 3. The van der Waals surface area contributed by atoms with Gasteiger partial charge in [-0.25, -0.2) is 23.8 Å². The molecule has 0 saturated carbocycles. The van der Waals surface area contributed by atoms with E-state index in [4.69, 9.17) is 4.98 Å². The number of hydrogen-bond acceptors (Lipinski definition) is 8. The number of aromatic amines is 1. The first-order valence-corrected chi connectivity index (χ1v) is 13.5. The maximum absolute atomic E-state index is 14.9. The van der Waals surface area contributed by atoms with Crippen LogP contribution in [0.1, 0.15) is 16.8 Å². The number of likely N-dealkylation sites (tertiary alicyclic amines) is 1. The van der Waals surface area contributed by atoms with Crippen molar-refractivity contribution < 1.29 is 14.3 Å². The van der Waals surface area contributed by atoms with E-state index < -0.39 is 11.4 Å². The summed E-state index contributed by atoms with van der Waals surface area (Å²) in [6.45, 7) is 2.74. The van der Waals surface area contributed by atoms with E-state index in [0.29, 0.717) is 33.8 Å². The van der Waals surface area contributed by atoms with Crippen molar-refractivity contribution in [2.75, 3.05) is 56.4 Å². The molecule has 0 bridgehead atoms. The van der Waals surface area contributed by atoms with Crippen molar-refractivity contribution in [1.29, 1.82) is 0 Å². The molecule has 0 spiro atoms. The Bertz CT molecular complexity index is 1950. The first-order chi connectivity index (χ1) is 19.8. The SMILES string of the molecule is CNc1cc(F)cc2c1[nH]c1ncc(-c3cnc4c(c3)c(=O)c(C(=O)O)cn4NC)c(N3CC[C@H]4CN(C)C[C@H]43)c12. The number of fused-ring (bicyclic) bond motifs is 5. The Morgan fingerprint density at radius 3 is 2.73 bits per heavy atom. The number of nitrogens with zero attached hydrogens (tertiary/aromatic N) is 5. The summed E-state index contributed by atoms with van der Waals surface area (Å²) in [6, 6.07) is 4.93. The van der Waals surface area contributed by atoms with Gasteiger partial charge in [-0.3, -0.25) is 4.79 Å². The zero-order chi connectivity index (χ0) is 28.6. The highest BCUT2D eigenvalue weighted by Crippen LogP contribution is 2.46. The molecule has 0 amide bonds. The number of likely N-dealkylation sites (N-methyl/N-ethyl adjacent to an activating group) is 1. The summed E-state index contributed by atoms with van der Waals surface area (Å²) >= 11 is 0. The lowest BCUT2D eigenvalue weighted by atomic mass is 10.00. The van der Waals surface area contributed by atoms with Crippen molar-refractivity contribution in [2.24, 2.45) is 5.92 Å². The Hall–Kier alpha value is -4.71. The Morgan fingerprint density at radius 2 is 1.98 bits per heavy atom. The van der Waals surface area contributed by atoms with Gasteiger partial charge in [-0.05, 0) is 37.6 Å². The second-order valence-electron chi connectivity index (χ2n) is 10.9. The third-order valence-electron chi connectivity index (χ3n) is 8.58. The predicted octanol–water partition coefficient (Wildman–Crippen LogP) is 3.29. The number of aromatic nitrogens is 4. The zero-order valence-electron chi connectivity index (χ0n) is 22.8. The van der Waals surface area contributed by atoms with Gasteiger partial charge < -0.3 is 30.6 Å². The molecule has 2 aliphatic rings. The lowest BCUT2D eigenvalue weighted by Crippen LogP contribution is -2.35. The predicted molar refractivity (Wildman–Crippen MR) is 157 cm³/mol. The number of halogens is 1. The number of carboxylic acid groups (broad SMARTS) is 1. The number of aromatic carboxylic acids is 1. The molecule has 41 heavy (non-hydrogen) atoms. The second-order valence-corrected chi connectivity index (χ2v) is 10.9. The molecule has 0 radical (unpaired) electrons. The molecule has 2 fully saturated rings. The van der Waals surface area contributed by atoms with Crippen LogP contribution < -0.4 is 21.1 Å². The molecule has 11 nitrogen and oxygen atoms in total. The molecule has 4 aromatic heterocycles.